The van der Waals surface area contributed by atoms with E-state index < -0.39 is 43.7 Å². The molecule has 0 bridgehead atoms. The van der Waals surface area contributed by atoms with Crippen molar-refractivity contribution in [3.63, 3.8) is 0 Å². The maximum Gasteiger partial charge on any atom is 0.193 e. The molecule has 24 heavy (non-hydrogen) atoms. The van der Waals surface area contributed by atoms with Crippen LogP contribution in [-0.4, -0.2) is 25.6 Å². The highest BCUT2D eigenvalue weighted by Crippen LogP contribution is 2.51. The Balaban J connectivity index is 2.46. The van der Waals surface area contributed by atoms with Crippen molar-refractivity contribution in [2.24, 2.45) is 0 Å². The molecular weight excluding hydrogens is 377 g/mol. The van der Waals surface area contributed by atoms with E-state index in [1.165, 1.54) is 25.4 Å². The van der Waals surface area contributed by atoms with Crippen LogP contribution < -0.4 is 4.74 Å². The monoisotopic (exact) mass is 390 g/mol. The molecule has 9 heteroatoms. The fraction of sp³-hybridized carbons (Fsp3) is 0.267. The Hall–Kier alpha value is -1.64. The second-order valence-corrected chi connectivity index (χ2v) is 9.30. The Kier molecular flexibility index (Phi) is 3.59. The number of hydrogen-bond acceptors (Lipinski definition) is 6. The van der Waals surface area contributed by atoms with E-state index in [4.69, 9.17) is 17.7 Å². The van der Waals surface area contributed by atoms with Gasteiger partial charge in [0, 0.05) is 0 Å². The summed E-state index contributed by atoms with van der Waals surface area (Å²) in [5, 5.41) is 10.5. The molecule has 1 aliphatic heterocycles. The first kappa shape index (κ1) is 15.9. The van der Waals surface area contributed by atoms with Gasteiger partial charge in [0.15, 0.2) is 15.6 Å². The molecule has 1 aromatic heterocycles. The van der Waals surface area contributed by atoms with Gasteiger partial charge < -0.3 is 9.84 Å². The molecule has 3 rings (SSSR count). The van der Waals surface area contributed by atoms with E-state index >= 15 is 0 Å². The molecule has 0 atom stereocenters. The van der Waals surface area contributed by atoms with Crippen molar-refractivity contribution in [2.75, 3.05) is 7.09 Å². The second kappa shape index (κ2) is 5.44. The van der Waals surface area contributed by atoms with Crippen LogP contribution in [0.1, 0.15) is 31.4 Å². The summed E-state index contributed by atoms with van der Waals surface area (Å²) in [5.41, 5.74) is 1.13. The van der Waals surface area contributed by atoms with E-state index in [9.17, 15) is 17.9 Å². The molecule has 0 radical (unpaired) electrons. The second-order valence-electron chi connectivity index (χ2n) is 5.60. The normalized spacial score (nSPS) is 18.9. The molecule has 128 valence electrons. The minimum atomic E-state index is -4.23. The molecule has 0 aliphatic carbocycles. The van der Waals surface area contributed by atoms with Gasteiger partial charge in [0.05, 0.1) is 35.1 Å². The zero-order valence-corrected chi connectivity index (χ0v) is 15.0. The van der Waals surface area contributed by atoms with Crippen molar-refractivity contribution in [3.05, 3.63) is 44.6 Å². The average Bonchev–Trinajstić information content (AvgIpc) is 3.03. The van der Waals surface area contributed by atoms with Crippen LogP contribution in [0.2, 0.25) is 5.02 Å². The predicted molar refractivity (Wildman–Crippen MR) is 91.5 cm³/mol. The van der Waals surface area contributed by atoms with Crippen molar-refractivity contribution in [1.82, 2.24) is 4.98 Å². The van der Waals surface area contributed by atoms with Gasteiger partial charge in [-0.25, -0.2) is 17.8 Å². The molecule has 0 saturated carbocycles. The third-order valence-corrected chi connectivity index (χ3v) is 7.54. The van der Waals surface area contributed by atoms with Crippen LogP contribution in [0.15, 0.2) is 17.6 Å². The van der Waals surface area contributed by atoms with Crippen LogP contribution >= 0.6 is 22.9 Å². The molecule has 0 saturated heterocycles. The molecule has 0 amide bonds. The Bertz CT molecular complexity index is 1000. The Morgan fingerprint density at radius 1 is 1.46 bits per heavy atom. The van der Waals surface area contributed by atoms with Crippen LogP contribution in [-0.2, 0) is 14.6 Å². The summed E-state index contributed by atoms with van der Waals surface area (Å²) in [7, 11) is -4.83. The van der Waals surface area contributed by atoms with Crippen molar-refractivity contribution in [1.29, 1.82) is 0 Å². The number of rotatable bonds is 2. The lowest BCUT2D eigenvalue weighted by molar-refractivity contribution is 0.409. The number of thiazole rings is 1. The van der Waals surface area contributed by atoms with Gasteiger partial charge in [-0.1, -0.05) is 11.6 Å². The SMILES string of the molecule is [2H]COc1c(Cl)ccc(F)c1C1=C(O)c2scnc2C(C)(C)S1(=O)=O. The van der Waals surface area contributed by atoms with Gasteiger partial charge in [-0.05, 0) is 26.0 Å². The molecule has 0 fully saturated rings. The lowest BCUT2D eigenvalue weighted by Gasteiger charge is -2.31. The molecule has 1 aromatic carbocycles. The summed E-state index contributed by atoms with van der Waals surface area (Å²) < 4.78 is 51.7. The van der Waals surface area contributed by atoms with Crippen LogP contribution in [0.3, 0.4) is 0 Å². The number of halogens is 2. The van der Waals surface area contributed by atoms with Crippen LogP contribution in [0.4, 0.5) is 4.39 Å². The highest BCUT2D eigenvalue weighted by Gasteiger charge is 2.50. The predicted octanol–water partition coefficient (Wildman–Crippen LogP) is 3.99. The number of aromatic nitrogens is 1. The van der Waals surface area contributed by atoms with Gasteiger partial charge in [0.25, 0.3) is 0 Å². The number of hydrogen-bond donors (Lipinski definition) is 1. The Morgan fingerprint density at radius 3 is 2.83 bits per heavy atom. The van der Waals surface area contributed by atoms with Gasteiger partial charge in [-0.3, -0.25) is 0 Å². The van der Waals surface area contributed by atoms with Crippen LogP contribution in [0.25, 0.3) is 10.7 Å². The van der Waals surface area contributed by atoms with Crippen LogP contribution in [0, 0.1) is 5.82 Å². The van der Waals surface area contributed by atoms with E-state index in [-0.39, 0.29) is 21.3 Å². The quantitative estimate of drug-likeness (QED) is 0.838. The van der Waals surface area contributed by atoms with Gasteiger partial charge in [-0.15, -0.1) is 11.3 Å². The van der Waals surface area contributed by atoms with E-state index in [0.717, 1.165) is 17.4 Å². The van der Waals surface area contributed by atoms with Crippen molar-refractivity contribution < 1.29 is 24.0 Å². The number of aliphatic hydroxyl groups is 1. The minimum absolute atomic E-state index is 0.0629. The fourth-order valence-electron chi connectivity index (χ4n) is 2.59. The topological polar surface area (TPSA) is 76.5 Å². The van der Waals surface area contributed by atoms with Crippen LogP contribution in [0.5, 0.6) is 5.75 Å². The molecule has 0 spiro atoms. The largest absolute Gasteiger partial charge is 0.505 e. The number of nitrogens with zero attached hydrogens (tertiary/aromatic N) is 1. The van der Waals surface area contributed by atoms with Crippen molar-refractivity contribution >= 4 is 43.4 Å². The molecule has 1 N–H and O–H groups in total. The third kappa shape index (κ3) is 2.09. The third-order valence-electron chi connectivity index (χ3n) is 3.94. The van der Waals surface area contributed by atoms with E-state index in [2.05, 4.69) is 4.98 Å². The summed E-state index contributed by atoms with van der Waals surface area (Å²) in [6.45, 7) is 2.86. The summed E-state index contributed by atoms with van der Waals surface area (Å²) >= 11 is 7.05. The number of aliphatic hydroxyl groups excluding tert-OH is 1. The average molecular weight is 391 g/mol. The first-order valence-corrected chi connectivity index (χ1v) is 9.41. The maximum absolute atomic E-state index is 14.6. The van der Waals surface area contributed by atoms with Crippen molar-refractivity contribution in [3.8, 4) is 5.75 Å². The lowest BCUT2D eigenvalue weighted by Crippen LogP contribution is -2.34. The number of benzene rings is 1. The number of ether oxygens (including phenoxy) is 1. The summed E-state index contributed by atoms with van der Waals surface area (Å²) in [6.07, 6.45) is 0. The molecule has 2 heterocycles. The van der Waals surface area contributed by atoms with E-state index in [1.807, 2.05) is 0 Å². The minimum Gasteiger partial charge on any atom is -0.505 e. The standard InChI is InChI=1S/C15H13ClFNO4S2/c1-15(2)14-12(23-6-18-14)10(19)13(24(15,20)21)9-8(17)5-4-7(16)11(9)22-3/h4-6,19H,1-3H3/i3D. The smallest absolute Gasteiger partial charge is 0.193 e. The zero-order valence-electron chi connectivity index (χ0n) is 13.6. The lowest BCUT2D eigenvalue weighted by atomic mass is 10.0. The van der Waals surface area contributed by atoms with Gasteiger partial charge >= 0.3 is 0 Å². The molecular formula is C15H13ClFNO4S2. The van der Waals surface area contributed by atoms with Crippen molar-refractivity contribution in [2.45, 2.75) is 18.6 Å². The number of fused-ring (bicyclic) bond motifs is 1. The zero-order chi connectivity index (χ0) is 18.6. The number of methoxy groups -OCH3 is 1. The first-order chi connectivity index (χ1) is 11.6. The highest BCUT2D eigenvalue weighted by atomic mass is 35.5. The van der Waals surface area contributed by atoms with E-state index in [0.29, 0.717) is 0 Å². The van der Waals surface area contributed by atoms with E-state index in [1.54, 1.807) is 0 Å². The molecule has 1 aliphatic rings. The molecule has 5 nitrogen and oxygen atoms in total. The van der Waals surface area contributed by atoms with Gasteiger partial charge in [0.1, 0.15) is 21.2 Å². The Labute approximate surface area is 148 Å². The van der Waals surface area contributed by atoms with Gasteiger partial charge in [0.2, 0.25) is 0 Å². The van der Waals surface area contributed by atoms with Gasteiger partial charge in [-0.2, -0.15) is 0 Å². The summed E-state index contributed by atoms with van der Waals surface area (Å²) in [4.78, 5) is 3.68. The fourth-order valence-corrected chi connectivity index (χ4v) is 5.57. The molecule has 2 aromatic rings. The number of sulfone groups is 1. The maximum atomic E-state index is 14.6. The summed E-state index contributed by atoms with van der Waals surface area (Å²) in [5.74, 6) is -1.83. The molecule has 0 unspecified atom stereocenters. The highest BCUT2D eigenvalue weighted by molar-refractivity contribution is 8.01. The summed E-state index contributed by atoms with van der Waals surface area (Å²) in [6, 6.07) is 2.18. The Morgan fingerprint density at radius 2 is 2.17 bits per heavy atom. The first-order valence-electron chi connectivity index (χ1n) is 7.38.